The number of aromatic carboxylic acids is 1. The molecule has 1 heterocycles. The van der Waals surface area contributed by atoms with Gasteiger partial charge in [-0.25, -0.2) is 4.79 Å². The number of thioether (sulfide) groups is 1. The number of hydrogen-bond donors (Lipinski definition) is 2. The zero-order valence-electron chi connectivity index (χ0n) is 18.0. The number of nitro benzene ring substituents is 1. The second-order valence-corrected chi connectivity index (χ2v) is 11.3. The smallest absolute Gasteiger partial charge is 0.335 e. The van der Waals surface area contributed by atoms with E-state index >= 15 is 0 Å². The molecule has 1 fully saturated rings. The maximum Gasteiger partial charge on any atom is 0.335 e. The minimum atomic E-state index is -1.01. The number of para-hydroxylation sites is 1. The summed E-state index contributed by atoms with van der Waals surface area (Å²) in [6.07, 6.45) is 0.656. The van der Waals surface area contributed by atoms with E-state index in [0.29, 0.717) is 21.4 Å². The number of fused-ring (bicyclic) bond motifs is 3. The summed E-state index contributed by atoms with van der Waals surface area (Å²) in [5.74, 6) is -1.21. The van der Waals surface area contributed by atoms with E-state index in [1.807, 2.05) is 6.07 Å². The molecule has 0 unspecified atom stereocenters. The molecule has 0 amide bonds. The fourth-order valence-corrected chi connectivity index (χ4v) is 7.65. The van der Waals surface area contributed by atoms with Crippen LogP contribution < -0.4 is 5.32 Å². The maximum absolute atomic E-state index is 11.7. The second-order valence-electron chi connectivity index (χ2n) is 8.65. The lowest BCUT2D eigenvalue weighted by Crippen LogP contribution is -2.31. The van der Waals surface area contributed by atoms with E-state index in [0.717, 1.165) is 16.8 Å². The molecule has 1 aliphatic heterocycles. The summed E-state index contributed by atoms with van der Waals surface area (Å²) in [6, 6.07) is 16.8. The summed E-state index contributed by atoms with van der Waals surface area (Å²) in [5.41, 5.74) is 2.74. The number of anilines is 1. The number of nitrogens with zero attached hydrogens (tertiary/aromatic N) is 1. The molecule has 3 aromatic rings. The van der Waals surface area contributed by atoms with E-state index < -0.39 is 5.97 Å². The molecule has 1 aliphatic carbocycles. The minimum Gasteiger partial charge on any atom is -0.478 e. The summed E-state index contributed by atoms with van der Waals surface area (Å²) in [4.78, 5) is 23.4. The third-order valence-electron chi connectivity index (χ3n) is 6.70. The second kappa shape index (κ2) is 9.54. The Balaban J connectivity index is 1.58. The molecule has 5 rings (SSSR count). The molecule has 5 atom stereocenters. The molecule has 0 radical (unpaired) electrons. The molecule has 3 aromatic carbocycles. The number of rotatable bonds is 5. The van der Waals surface area contributed by atoms with E-state index in [4.69, 9.17) is 34.8 Å². The molecular formula is C25H19Cl3N2O4S. The van der Waals surface area contributed by atoms with E-state index in [1.54, 1.807) is 48.5 Å². The SMILES string of the molecule is O=C(O)c1ccc2c(c1)[C@@H]1[C@H](Cl)[C@@H](Sc3ccccc3[N+](=O)[O-])C[C@H]1[C@H](c1ccc(Cl)cc1Cl)N2. The largest absolute Gasteiger partial charge is 0.478 e. The first-order valence-electron chi connectivity index (χ1n) is 10.9. The molecule has 2 N–H and O–H groups in total. The van der Waals surface area contributed by atoms with Crippen molar-refractivity contribution in [2.24, 2.45) is 5.92 Å². The van der Waals surface area contributed by atoms with Crippen LogP contribution in [-0.4, -0.2) is 26.6 Å². The Morgan fingerprint density at radius 2 is 1.86 bits per heavy atom. The van der Waals surface area contributed by atoms with Gasteiger partial charge in [-0.1, -0.05) is 41.4 Å². The fourth-order valence-electron chi connectivity index (χ4n) is 5.18. The van der Waals surface area contributed by atoms with Gasteiger partial charge in [-0.05, 0) is 59.9 Å². The average molecular weight is 550 g/mol. The number of carboxylic acids is 1. The van der Waals surface area contributed by atoms with Crippen LogP contribution in [0.5, 0.6) is 0 Å². The number of carboxylic acid groups (broad SMARTS) is 1. The van der Waals surface area contributed by atoms with Crippen LogP contribution in [0.15, 0.2) is 65.6 Å². The highest BCUT2D eigenvalue weighted by atomic mass is 35.5. The predicted molar refractivity (Wildman–Crippen MR) is 139 cm³/mol. The lowest BCUT2D eigenvalue weighted by Gasteiger charge is -2.38. The Morgan fingerprint density at radius 3 is 2.57 bits per heavy atom. The van der Waals surface area contributed by atoms with Crippen molar-refractivity contribution in [3.05, 3.63) is 97.5 Å². The molecule has 0 bridgehead atoms. The molecule has 2 aliphatic rings. The van der Waals surface area contributed by atoms with Gasteiger partial charge in [-0.15, -0.1) is 23.4 Å². The zero-order chi connectivity index (χ0) is 24.9. The monoisotopic (exact) mass is 548 g/mol. The van der Waals surface area contributed by atoms with Gasteiger partial charge in [-0.2, -0.15) is 0 Å². The van der Waals surface area contributed by atoms with Gasteiger partial charge in [0.1, 0.15) is 0 Å². The molecule has 0 aromatic heterocycles. The van der Waals surface area contributed by atoms with Crippen molar-refractivity contribution in [2.75, 3.05) is 5.32 Å². The Hall–Kier alpha value is -2.45. The fraction of sp³-hybridized carbons (Fsp3) is 0.240. The number of halogens is 3. The van der Waals surface area contributed by atoms with Crippen molar-refractivity contribution in [1.29, 1.82) is 0 Å². The quantitative estimate of drug-likeness (QED) is 0.193. The molecule has 180 valence electrons. The molecule has 0 saturated heterocycles. The van der Waals surface area contributed by atoms with Crippen LogP contribution in [0.25, 0.3) is 0 Å². The summed E-state index contributed by atoms with van der Waals surface area (Å²) in [7, 11) is 0. The predicted octanol–water partition coefficient (Wildman–Crippen LogP) is 7.64. The number of carbonyl (C=O) groups is 1. The standard InChI is InChI=1S/C25H19Cl3N2O4S/c26-13-6-7-14(17(27)10-13)24-16-11-21(35-20-4-2-1-3-19(20)30(33)34)23(28)22(16)15-9-12(25(31)32)5-8-18(15)29-24/h1-10,16,21-24,29H,11H2,(H,31,32)/t16-,21+,22+,23-,24+/m1/s1. The molecule has 0 spiro atoms. The number of benzene rings is 3. The Morgan fingerprint density at radius 1 is 1.09 bits per heavy atom. The zero-order valence-corrected chi connectivity index (χ0v) is 21.1. The highest BCUT2D eigenvalue weighted by Gasteiger charge is 2.50. The van der Waals surface area contributed by atoms with Crippen molar-refractivity contribution in [1.82, 2.24) is 0 Å². The molecule has 6 nitrogen and oxygen atoms in total. The van der Waals surface area contributed by atoms with Gasteiger partial charge in [0.05, 0.1) is 26.8 Å². The van der Waals surface area contributed by atoms with Gasteiger partial charge in [0.2, 0.25) is 0 Å². The molecule has 10 heteroatoms. The number of nitro groups is 1. The van der Waals surface area contributed by atoms with Crippen molar-refractivity contribution in [3.63, 3.8) is 0 Å². The molecule has 1 saturated carbocycles. The summed E-state index contributed by atoms with van der Waals surface area (Å²) in [5, 5.41) is 25.2. The first-order valence-corrected chi connectivity index (χ1v) is 12.9. The lowest BCUT2D eigenvalue weighted by molar-refractivity contribution is -0.387. The van der Waals surface area contributed by atoms with E-state index in [9.17, 15) is 20.0 Å². The van der Waals surface area contributed by atoms with Crippen LogP contribution in [0, 0.1) is 16.0 Å². The van der Waals surface area contributed by atoms with Gasteiger partial charge in [0, 0.05) is 33.0 Å². The summed E-state index contributed by atoms with van der Waals surface area (Å²) < 4.78 is 0. The van der Waals surface area contributed by atoms with Crippen molar-refractivity contribution >= 4 is 63.9 Å². The van der Waals surface area contributed by atoms with Crippen LogP contribution in [-0.2, 0) is 0 Å². The highest BCUT2D eigenvalue weighted by molar-refractivity contribution is 8.00. The van der Waals surface area contributed by atoms with Crippen LogP contribution in [0.4, 0.5) is 11.4 Å². The normalized spacial score (nSPS) is 24.8. The van der Waals surface area contributed by atoms with Gasteiger partial charge < -0.3 is 10.4 Å². The summed E-state index contributed by atoms with van der Waals surface area (Å²) in [6.45, 7) is 0. The topological polar surface area (TPSA) is 92.5 Å². The average Bonchev–Trinajstić information content (AvgIpc) is 3.15. The van der Waals surface area contributed by atoms with Gasteiger partial charge >= 0.3 is 5.97 Å². The van der Waals surface area contributed by atoms with Gasteiger partial charge in [0.25, 0.3) is 5.69 Å². The van der Waals surface area contributed by atoms with Crippen molar-refractivity contribution in [2.45, 2.75) is 33.9 Å². The highest BCUT2D eigenvalue weighted by Crippen LogP contribution is 2.58. The van der Waals surface area contributed by atoms with Crippen molar-refractivity contribution < 1.29 is 14.8 Å². The first-order chi connectivity index (χ1) is 16.7. The Bertz CT molecular complexity index is 1340. The van der Waals surface area contributed by atoms with Crippen LogP contribution in [0.3, 0.4) is 0 Å². The first kappa shape index (κ1) is 24.3. The number of alkyl halides is 1. The van der Waals surface area contributed by atoms with E-state index in [2.05, 4.69) is 5.32 Å². The summed E-state index contributed by atoms with van der Waals surface area (Å²) >= 11 is 21.2. The van der Waals surface area contributed by atoms with Gasteiger partial charge in [-0.3, -0.25) is 10.1 Å². The number of hydrogen-bond acceptors (Lipinski definition) is 5. The lowest BCUT2D eigenvalue weighted by atomic mass is 9.77. The van der Waals surface area contributed by atoms with Crippen molar-refractivity contribution in [3.8, 4) is 0 Å². The third-order valence-corrected chi connectivity index (χ3v) is 9.37. The van der Waals surface area contributed by atoms with E-state index in [1.165, 1.54) is 17.8 Å². The molecular weight excluding hydrogens is 531 g/mol. The number of nitrogens with one attached hydrogen (secondary N) is 1. The van der Waals surface area contributed by atoms with Crippen LogP contribution >= 0.6 is 46.6 Å². The minimum absolute atomic E-state index is 0.0204. The molecule has 35 heavy (non-hydrogen) atoms. The van der Waals surface area contributed by atoms with Crippen LogP contribution in [0.2, 0.25) is 10.0 Å². The Kier molecular flexibility index (Phi) is 6.61. The Labute approximate surface area is 220 Å². The van der Waals surface area contributed by atoms with E-state index in [-0.39, 0.29) is 44.7 Å². The van der Waals surface area contributed by atoms with Gasteiger partial charge in [0.15, 0.2) is 0 Å². The maximum atomic E-state index is 11.7. The van der Waals surface area contributed by atoms with Crippen LogP contribution in [0.1, 0.15) is 39.9 Å². The third kappa shape index (κ3) is 4.47.